The zero-order chi connectivity index (χ0) is 12.7. The van der Waals surface area contributed by atoms with Crippen LogP contribution in [0, 0.1) is 12.7 Å². The Morgan fingerprint density at radius 3 is 2.83 bits per heavy atom. The summed E-state index contributed by atoms with van der Waals surface area (Å²) in [5, 5.41) is 0.101. The molecule has 0 fully saturated rings. The molecule has 0 atom stereocenters. The van der Waals surface area contributed by atoms with Gasteiger partial charge in [-0.3, -0.25) is 0 Å². The first-order valence-electron chi connectivity index (χ1n) is 5.42. The molecule has 0 saturated carbocycles. The lowest BCUT2D eigenvalue weighted by Crippen LogP contribution is -1.83. The Labute approximate surface area is 108 Å². The number of imidazole rings is 1. The first-order valence-corrected chi connectivity index (χ1v) is 5.79. The monoisotopic (exact) mass is 261 g/mol. The molecule has 0 spiro atoms. The molecular weight excluding hydrogens is 253 g/mol. The number of fused-ring (bicyclic) bond motifs is 1. The van der Waals surface area contributed by atoms with Crippen molar-refractivity contribution in [2.75, 3.05) is 0 Å². The molecule has 1 N–H and O–H groups in total. The van der Waals surface area contributed by atoms with Gasteiger partial charge in [0.05, 0.1) is 10.5 Å². The standard InChI is InChI=1S/C13H9ClFN3/c1-7-4-5-16-13-11(7)17-12(18-13)8-2-3-9(14)10(15)6-8/h2-6H,1H3,(H,16,17,18). The number of halogens is 2. The Bertz CT molecular complexity index is 736. The maximum atomic E-state index is 13.4. The minimum absolute atomic E-state index is 0.101. The van der Waals surface area contributed by atoms with E-state index in [2.05, 4.69) is 15.0 Å². The molecule has 0 unspecified atom stereocenters. The highest BCUT2D eigenvalue weighted by molar-refractivity contribution is 6.30. The number of aromatic amines is 1. The maximum absolute atomic E-state index is 13.4. The average molecular weight is 262 g/mol. The summed E-state index contributed by atoms with van der Waals surface area (Å²) in [6.45, 7) is 1.97. The number of hydrogen-bond donors (Lipinski definition) is 1. The summed E-state index contributed by atoms with van der Waals surface area (Å²) in [7, 11) is 0. The van der Waals surface area contributed by atoms with Crippen LogP contribution in [0.2, 0.25) is 5.02 Å². The van der Waals surface area contributed by atoms with Crippen LogP contribution in [0.25, 0.3) is 22.6 Å². The maximum Gasteiger partial charge on any atom is 0.178 e. The van der Waals surface area contributed by atoms with Crippen molar-refractivity contribution in [1.29, 1.82) is 0 Å². The summed E-state index contributed by atoms with van der Waals surface area (Å²) < 4.78 is 13.4. The average Bonchev–Trinajstić information content (AvgIpc) is 2.78. The summed E-state index contributed by atoms with van der Waals surface area (Å²) >= 11 is 5.65. The molecular formula is C13H9ClFN3. The lowest BCUT2D eigenvalue weighted by atomic mass is 10.2. The van der Waals surface area contributed by atoms with Crippen molar-refractivity contribution in [3.05, 3.63) is 46.9 Å². The van der Waals surface area contributed by atoms with Crippen LogP contribution in [0.15, 0.2) is 30.5 Å². The molecule has 3 aromatic rings. The molecule has 2 aromatic heterocycles. The fourth-order valence-electron chi connectivity index (χ4n) is 1.82. The van der Waals surface area contributed by atoms with E-state index >= 15 is 0 Å². The predicted molar refractivity (Wildman–Crippen MR) is 69.0 cm³/mol. The summed E-state index contributed by atoms with van der Waals surface area (Å²) in [6, 6.07) is 6.49. The number of benzene rings is 1. The third-order valence-electron chi connectivity index (χ3n) is 2.79. The van der Waals surface area contributed by atoms with Crippen molar-refractivity contribution in [2.24, 2.45) is 0 Å². The largest absolute Gasteiger partial charge is 0.336 e. The highest BCUT2D eigenvalue weighted by Crippen LogP contribution is 2.24. The molecule has 5 heteroatoms. The number of nitrogens with zero attached hydrogens (tertiary/aromatic N) is 2. The van der Waals surface area contributed by atoms with E-state index < -0.39 is 5.82 Å². The first-order chi connectivity index (χ1) is 8.65. The van der Waals surface area contributed by atoms with Gasteiger partial charge in [0, 0.05) is 11.8 Å². The molecule has 0 aliphatic heterocycles. The summed E-state index contributed by atoms with van der Waals surface area (Å²) in [5.41, 5.74) is 3.19. The topological polar surface area (TPSA) is 41.6 Å². The van der Waals surface area contributed by atoms with Gasteiger partial charge >= 0.3 is 0 Å². The molecule has 18 heavy (non-hydrogen) atoms. The van der Waals surface area contributed by atoms with E-state index in [1.807, 2.05) is 13.0 Å². The van der Waals surface area contributed by atoms with Crippen LogP contribution < -0.4 is 0 Å². The van der Waals surface area contributed by atoms with E-state index in [0.29, 0.717) is 17.0 Å². The zero-order valence-electron chi connectivity index (χ0n) is 9.54. The van der Waals surface area contributed by atoms with Crippen molar-refractivity contribution in [3.8, 4) is 11.4 Å². The van der Waals surface area contributed by atoms with Crippen LogP contribution in [0.4, 0.5) is 4.39 Å². The minimum Gasteiger partial charge on any atom is -0.336 e. The SMILES string of the molecule is Cc1ccnc2nc(-c3ccc(Cl)c(F)c3)[nH]c12. The molecule has 0 aliphatic rings. The van der Waals surface area contributed by atoms with Gasteiger partial charge in [-0.15, -0.1) is 0 Å². The molecule has 3 rings (SSSR count). The minimum atomic E-state index is -0.459. The highest BCUT2D eigenvalue weighted by Gasteiger charge is 2.09. The van der Waals surface area contributed by atoms with E-state index in [-0.39, 0.29) is 5.02 Å². The number of hydrogen-bond acceptors (Lipinski definition) is 2. The fraction of sp³-hybridized carbons (Fsp3) is 0.0769. The number of rotatable bonds is 1. The van der Waals surface area contributed by atoms with Gasteiger partial charge in [-0.25, -0.2) is 14.4 Å². The normalized spacial score (nSPS) is 11.1. The van der Waals surface area contributed by atoms with E-state index in [9.17, 15) is 4.39 Å². The lowest BCUT2D eigenvalue weighted by Gasteiger charge is -1.98. The molecule has 1 aromatic carbocycles. The van der Waals surface area contributed by atoms with E-state index in [4.69, 9.17) is 11.6 Å². The molecule has 90 valence electrons. The number of pyridine rings is 1. The van der Waals surface area contributed by atoms with Crippen molar-refractivity contribution in [2.45, 2.75) is 6.92 Å². The number of aryl methyl sites for hydroxylation is 1. The van der Waals surface area contributed by atoms with Gasteiger partial charge in [0.25, 0.3) is 0 Å². The molecule has 0 bridgehead atoms. The van der Waals surface area contributed by atoms with E-state index in [1.54, 1.807) is 12.3 Å². The van der Waals surface area contributed by atoms with Crippen LogP contribution >= 0.6 is 11.6 Å². The van der Waals surface area contributed by atoms with Crippen molar-refractivity contribution < 1.29 is 4.39 Å². The predicted octanol–water partition coefficient (Wildman–Crippen LogP) is 3.73. The van der Waals surface area contributed by atoms with Crippen LogP contribution in [0.1, 0.15) is 5.56 Å². The summed E-state index contributed by atoms with van der Waals surface area (Å²) in [6.07, 6.45) is 1.70. The van der Waals surface area contributed by atoms with Crippen LogP contribution in [0.5, 0.6) is 0 Å². The molecule has 0 amide bonds. The molecule has 0 saturated heterocycles. The Kier molecular flexibility index (Phi) is 2.52. The van der Waals surface area contributed by atoms with Crippen LogP contribution in [0.3, 0.4) is 0 Å². The molecule has 2 heterocycles. The lowest BCUT2D eigenvalue weighted by molar-refractivity contribution is 0.628. The Balaban J connectivity index is 2.19. The second-order valence-electron chi connectivity index (χ2n) is 4.04. The quantitative estimate of drug-likeness (QED) is 0.725. The fourth-order valence-corrected chi connectivity index (χ4v) is 1.93. The van der Waals surface area contributed by atoms with Gasteiger partial charge in [-0.2, -0.15) is 0 Å². The Morgan fingerprint density at radius 2 is 2.11 bits per heavy atom. The van der Waals surface area contributed by atoms with Crippen molar-refractivity contribution in [3.63, 3.8) is 0 Å². The zero-order valence-corrected chi connectivity index (χ0v) is 10.3. The van der Waals surface area contributed by atoms with Gasteiger partial charge in [0.2, 0.25) is 0 Å². The second kappa shape index (κ2) is 4.07. The molecule has 3 nitrogen and oxygen atoms in total. The van der Waals surface area contributed by atoms with Gasteiger partial charge in [0.1, 0.15) is 11.6 Å². The number of nitrogens with one attached hydrogen (secondary N) is 1. The van der Waals surface area contributed by atoms with Crippen molar-refractivity contribution >= 4 is 22.8 Å². The third-order valence-corrected chi connectivity index (χ3v) is 3.10. The van der Waals surface area contributed by atoms with Gasteiger partial charge in [-0.05, 0) is 36.8 Å². The smallest absolute Gasteiger partial charge is 0.178 e. The highest BCUT2D eigenvalue weighted by atomic mass is 35.5. The van der Waals surface area contributed by atoms with Crippen LogP contribution in [-0.4, -0.2) is 15.0 Å². The van der Waals surface area contributed by atoms with Crippen LogP contribution in [-0.2, 0) is 0 Å². The number of aromatic nitrogens is 3. The molecule has 0 radical (unpaired) electrons. The van der Waals surface area contributed by atoms with Gasteiger partial charge in [0.15, 0.2) is 5.65 Å². The Morgan fingerprint density at radius 1 is 1.28 bits per heavy atom. The van der Waals surface area contributed by atoms with E-state index in [0.717, 1.165) is 11.1 Å². The van der Waals surface area contributed by atoms with Gasteiger partial charge < -0.3 is 4.98 Å². The number of H-pyrrole nitrogens is 1. The molecule has 0 aliphatic carbocycles. The van der Waals surface area contributed by atoms with Crippen molar-refractivity contribution in [1.82, 2.24) is 15.0 Å². The van der Waals surface area contributed by atoms with Gasteiger partial charge in [-0.1, -0.05) is 11.6 Å². The summed E-state index contributed by atoms with van der Waals surface area (Å²) in [4.78, 5) is 11.6. The third kappa shape index (κ3) is 1.75. The van der Waals surface area contributed by atoms with E-state index in [1.165, 1.54) is 12.1 Å². The summed E-state index contributed by atoms with van der Waals surface area (Å²) in [5.74, 6) is 0.127. The first kappa shape index (κ1) is 11.2. The second-order valence-corrected chi connectivity index (χ2v) is 4.45. The Hall–Kier alpha value is -1.94.